The molecule has 0 saturated carbocycles. The van der Waals surface area contributed by atoms with Crippen molar-refractivity contribution in [2.24, 2.45) is 5.92 Å². The normalized spacial score (nSPS) is 17.0. The molecule has 30 heavy (non-hydrogen) atoms. The Labute approximate surface area is 175 Å². The van der Waals surface area contributed by atoms with Gasteiger partial charge in [-0.1, -0.05) is 12.1 Å². The summed E-state index contributed by atoms with van der Waals surface area (Å²) >= 11 is 0. The Bertz CT molecular complexity index is 952. The maximum absolute atomic E-state index is 12.9. The van der Waals surface area contributed by atoms with E-state index in [-0.39, 0.29) is 23.8 Å². The number of aromatic nitrogens is 1. The summed E-state index contributed by atoms with van der Waals surface area (Å²) in [4.78, 5) is 45.0. The average molecular weight is 407 g/mol. The molecule has 0 atom stereocenters. The Morgan fingerprint density at radius 1 is 1.13 bits per heavy atom. The molecule has 2 aromatic rings. The second-order valence-corrected chi connectivity index (χ2v) is 7.71. The summed E-state index contributed by atoms with van der Waals surface area (Å²) in [6, 6.07) is 10.7. The molecule has 2 fully saturated rings. The van der Waals surface area contributed by atoms with Gasteiger partial charge in [-0.05, 0) is 49.6 Å². The Kier molecular flexibility index (Phi) is 5.65. The molecule has 8 heteroatoms. The van der Waals surface area contributed by atoms with E-state index in [1.807, 2.05) is 19.1 Å². The maximum atomic E-state index is 12.9. The van der Waals surface area contributed by atoms with E-state index in [9.17, 15) is 14.4 Å². The van der Waals surface area contributed by atoms with Crippen LogP contribution in [0.5, 0.6) is 0 Å². The van der Waals surface area contributed by atoms with Gasteiger partial charge in [-0.25, -0.2) is 9.78 Å². The number of carbonyl (C=O) groups excluding carboxylic acids is 3. The van der Waals surface area contributed by atoms with E-state index in [0.717, 1.165) is 11.3 Å². The summed E-state index contributed by atoms with van der Waals surface area (Å²) in [6.45, 7) is 4.18. The standard InChI is InChI=1S/C22H25N5O3/c1-15-5-6-19(24-14-15)25-20(28)16-7-10-26(11-8-16)21(29)17-3-2-4-18(13-17)27-12-9-23-22(27)30/h2-6,13-14,16H,7-12H2,1H3,(H,23,30)(H,24,25,28). The quantitative estimate of drug-likeness (QED) is 0.814. The number of rotatable bonds is 4. The third kappa shape index (κ3) is 4.27. The molecule has 3 heterocycles. The lowest BCUT2D eigenvalue weighted by molar-refractivity contribution is -0.121. The van der Waals surface area contributed by atoms with E-state index in [1.54, 1.807) is 40.3 Å². The summed E-state index contributed by atoms with van der Waals surface area (Å²) in [6.07, 6.45) is 2.94. The van der Waals surface area contributed by atoms with Crippen LogP contribution >= 0.6 is 0 Å². The number of piperidine rings is 1. The van der Waals surface area contributed by atoms with E-state index in [2.05, 4.69) is 15.6 Å². The van der Waals surface area contributed by atoms with Crippen molar-refractivity contribution < 1.29 is 14.4 Å². The number of hydrogen-bond acceptors (Lipinski definition) is 4. The van der Waals surface area contributed by atoms with Crippen LogP contribution in [0.2, 0.25) is 0 Å². The van der Waals surface area contributed by atoms with Gasteiger partial charge in [0, 0.05) is 49.5 Å². The predicted octanol–water partition coefficient (Wildman–Crippen LogP) is 2.41. The van der Waals surface area contributed by atoms with Crippen LogP contribution in [0.15, 0.2) is 42.6 Å². The fraction of sp³-hybridized carbons (Fsp3) is 0.364. The van der Waals surface area contributed by atoms with E-state index < -0.39 is 0 Å². The highest BCUT2D eigenvalue weighted by molar-refractivity contribution is 5.98. The van der Waals surface area contributed by atoms with Gasteiger partial charge in [-0.3, -0.25) is 14.5 Å². The monoisotopic (exact) mass is 407 g/mol. The van der Waals surface area contributed by atoms with Crippen molar-refractivity contribution in [3.05, 3.63) is 53.7 Å². The summed E-state index contributed by atoms with van der Waals surface area (Å²) in [5.41, 5.74) is 2.31. The fourth-order valence-corrected chi connectivity index (χ4v) is 3.82. The molecule has 0 radical (unpaired) electrons. The number of carbonyl (C=O) groups is 3. The summed E-state index contributed by atoms with van der Waals surface area (Å²) < 4.78 is 0. The zero-order chi connectivity index (χ0) is 21.1. The largest absolute Gasteiger partial charge is 0.339 e. The molecule has 8 nitrogen and oxygen atoms in total. The average Bonchev–Trinajstić information content (AvgIpc) is 3.21. The van der Waals surface area contributed by atoms with Gasteiger partial charge in [-0.2, -0.15) is 0 Å². The minimum Gasteiger partial charge on any atom is -0.339 e. The van der Waals surface area contributed by atoms with Gasteiger partial charge in [0.15, 0.2) is 0 Å². The number of urea groups is 1. The van der Waals surface area contributed by atoms with Gasteiger partial charge in [0.1, 0.15) is 5.82 Å². The molecule has 1 aromatic heterocycles. The van der Waals surface area contributed by atoms with Crippen LogP contribution in [0.25, 0.3) is 0 Å². The van der Waals surface area contributed by atoms with Crippen LogP contribution in [0.1, 0.15) is 28.8 Å². The molecule has 2 aliphatic heterocycles. The summed E-state index contributed by atoms with van der Waals surface area (Å²) in [5, 5.41) is 5.63. The minimum absolute atomic E-state index is 0.0551. The van der Waals surface area contributed by atoms with Crippen molar-refractivity contribution in [1.82, 2.24) is 15.2 Å². The molecule has 4 amide bonds. The van der Waals surface area contributed by atoms with Gasteiger partial charge in [-0.15, -0.1) is 0 Å². The van der Waals surface area contributed by atoms with Crippen LogP contribution in [0.3, 0.4) is 0 Å². The molecule has 2 aliphatic rings. The van der Waals surface area contributed by atoms with E-state index in [4.69, 9.17) is 0 Å². The van der Waals surface area contributed by atoms with Crippen molar-refractivity contribution in [2.75, 3.05) is 36.4 Å². The Morgan fingerprint density at radius 3 is 2.60 bits per heavy atom. The third-order valence-electron chi connectivity index (χ3n) is 5.58. The zero-order valence-electron chi connectivity index (χ0n) is 16.9. The van der Waals surface area contributed by atoms with Crippen molar-refractivity contribution in [3.8, 4) is 0 Å². The number of anilines is 2. The molecule has 2 saturated heterocycles. The molecule has 0 unspecified atom stereocenters. The highest BCUT2D eigenvalue weighted by Gasteiger charge is 2.29. The lowest BCUT2D eigenvalue weighted by atomic mass is 9.95. The van der Waals surface area contributed by atoms with Crippen molar-refractivity contribution in [1.29, 1.82) is 0 Å². The zero-order valence-corrected chi connectivity index (χ0v) is 16.9. The van der Waals surface area contributed by atoms with E-state index in [1.165, 1.54) is 0 Å². The summed E-state index contributed by atoms with van der Waals surface area (Å²) in [5.74, 6) is 0.277. The number of hydrogen-bond donors (Lipinski definition) is 2. The molecule has 0 spiro atoms. The van der Waals surface area contributed by atoms with Gasteiger partial charge >= 0.3 is 6.03 Å². The molecule has 0 aliphatic carbocycles. The number of amides is 4. The smallest absolute Gasteiger partial charge is 0.321 e. The number of likely N-dealkylation sites (tertiary alicyclic amines) is 1. The SMILES string of the molecule is Cc1ccc(NC(=O)C2CCN(C(=O)c3cccc(N4CCNC4=O)c3)CC2)nc1. The van der Waals surface area contributed by atoms with Gasteiger partial charge in [0.05, 0.1) is 0 Å². The first-order chi connectivity index (χ1) is 14.5. The van der Waals surface area contributed by atoms with Crippen molar-refractivity contribution >= 4 is 29.4 Å². The molecular formula is C22H25N5O3. The number of nitrogens with zero attached hydrogens (tertiary/aromatic N) is 3. The van der Waals surface area contributed by atoms with E-state index >= 15 is 0 Å². The molecule has 2 N–H and O–H groups in total. The van der Waals surface area contributed by atoms with Crippen molar-refractivity contribution in [3.63, 3.8) is 0 Å². The van der Waals surface area contributed by atoms with Gasteiger partial charge in [0.25, 0.3) is 5.91 Å². The molecule has 0 bridgehead atoms. The highest BCUT2D eigenvalue weighted by Crippen LogP contribution is 2.23. The molecular weight excluding hydrogens is 382 g/mol. The Balaban J connectivity index is 1.34. The minimum atomic E-state index is -0.144. The number of nitrogens with one attached hydrogen (secondary N) is 2. The maximum Gasteiger partial charge on any atom is 0.321 e. The first-order valence-corrected chi connectivity index (χ1v) is 10.2. The first kappa shape index (κ1) is 19.9. The van der Waals surface area contributed by atoms with Crippen LogP contribution in [-0.4, -0.2) is 53.9 Å². The van der Waals surface area contributed by atoms with Crippen molar-refractivity contribution in [2.45, 2.75) is 19.8 Å². The topological polar surface area (TPSA) is 94.6 Å². The van der Waals surface area contributed by atoms with Gasteiger partial charge < -0.3 is 15.5 Å². The fourth-order valence-electron chi connectivity index (χ4n) is 3.82. The highest BCUT2D eigenvalue weighted by atomic mass is 16.2. The Hall–Kier alpha value is -3.42. The lowest BCUT2D eigenvalue weighted by Crippen LogP contribution is -2.41. The second kappa shape index (κ2) is 8.52. The van der Waals surface area contributed by atoms with Crippen LogP contribution in [0, 0.1) is 12.8 Å². The molecule has 4 rings (SSSR count). The predicted molar refractivity (Wildman–Crippen MR) is 113 cm³/mol. The number of benzene rings is 1. The number of pyridine rings is 1. The van der Waals surface area contributed by atoms with Gasteiger partial charge in [0.2, 0.25) is 5.91 Å². The summed E-state index contributed by atoms with van der Waals surface area (Å²) in [7, 11) is 0. The Morgan fingerprint density at radius 2 is 1.93 bits per heavy atom. The van der Waals surface area contributed by atoms with Crippen LogP contribution in [0.4, 0.5) is 16.3 Å². The lowest BCUT2D eigenvalue weighted by Gasteiger charge is -2.31. The number of aryl methyl sites for hydroxylation is 1. The third-order valence-corrected chi connectivity index (χ3v) is 5.58. The van der Waals surface area contributed by atoms with Crippen LogP contribution in [-0.2, 0) is 4.79 Å². The second-order valence-electron chi connectivity index (χ2n) is 7.71. The molecule has 156 valence electrons. The van der Waals surface area contributed by atoms with E-state index in [0.29, 0.717) is 50.4 Å². The van der Waals surface area contributed by atoms with Crippen LogP contribution < -0.4 is 15.5 Å². The first-order valence-electron chi connectivity index (χ1n) is 10.2. The molecule has 1 aromatic carbocycles.